The Balaban J connectivity index is 1.32. The molecule has 48 heavy (non-hydrogen) atoms. The van der Waals surface area contributed by atoms with Crippen LogP contribution in [-0.4, -0.2) is 88.5 Å². The maximum atomic E-state index is 15.8. The molecular weight excluding hydrogens is 613 g/mol. The van der Waals surface area contributed by atoms with E-state index in [1.165, 1.54) is 12.1 Å². The van der Waals surface area contributed by atoms with Crippen molar-refractivity contribution in [3.05, 3.63) is 47.5 Å². The lowest BCUT2D eigenvalue weighted by Gasteiger charge is -2.36. The normalized spacial score (nSPS) is 19.7. The van der Waals surface area contributed by atoms with E-state index in [0.29, 0.717) is 24.3 Å². The number of anilines is 1. The Bertz CT molecular complexity index is 1440. The number of hydrogen-bond acceptors (Lipinski definition) is 6. The zero-order valence-electron chi connectivity index (χ0n) is 28.8. The lowest BCUT2D eigenvalue weighted by atomic mass is 9.81. The molecule has 2 aliphatic carbocycles. The molecule has 1 aromatic heterocycles. The molecule has 0 bridgehead atoms. The summed E-state index contributed by atoms with van der Waals surface area (Å²) in [6.45, 7) is 8.28. The van der Waals surface area contributed by atoms with E-state index in [0.717, 1.165) is 64.5 Å². The second kappa shape index (κ2) is 16.1. The smallest absolute Gasteiger partial charge is 0.315 e. The second-order valence-corrected chi connectivity index (χ2v) is 14.3. The minimum atomic E-state index is -0.892. The number of urea groups is 1. The van der Waals surface area contributed by atoms with Gasteiger partial charge < -0.3 is 25.8 Å². The summed E-state index contributed by atoms with van der Waals surface area (Å²) in [4.78, 5) is 57.8. The zero-order chi connectivity index (χ0) is 34.4. The van der Waals surface area contributed by atoms with Crippen molar-refractivity contribution in [3.8, 4) is 0 Å². The fraction of sp³-hybridized carbons (Fsp3) is 0.639. The van der Waals surface area contributed by atoms with Crippen LogP contribution >= 0.6 is 0 Å². The SMILES string of the molecule is CC(C)n1nccc1C(=O)C[C@H](C(=O)Nc1ccc([C@H](C)[C@@H](NC(=O)NC2CC2)C(=O)N2CCN(C)CC2)cc1F)C1CCCCCC1. The topological polar surface area (TPSA) is 129 Å². The summed E-state index contributed by atoms with van der Waals surface area (Å²) in [5.41, 5.74) is 1.03. The predicted molar refractivity (Wildman–Crippen MR) is 182 cm³/mol. The first-order valence-corrected chi connectivity index (χ1v) is 17.7. The minimum absolute atomic E-state index is 0.00154. The van der Waals surface area contributed by atoms with Crippen molar-refractivity contribution < 1.29 is 23.6 Å². The molecule has 1 aliphatic heterocycles. The fourth-order valence-corrected chi connectivity index (χ4v) is 6.99. The number of benzene rings is 1. The number of Topliss-reactive ketones (excluding diaryl/α,β-unsaturated/α-hetero) is 1. The lowest BCUT2D eigenvalue weighted by Crippen LogP contribution is -2.57. The Hall–Kier alpha value is -3.80. The maximum Gasteiger partial charge on any atom is 0.315 e. The molecule has 11 nitrogen and oxygen atoms in total. The Kier molecular flexibility index (Phi) is 11.9. The zero-order valence-corrected chi connectivity index (χ0v) is 28.8. The van der Waals surface area contributed by atoms with Crippen molar-refractivity contribution in [1.82, 2.24) is 30.2 Å². The van der Waals surface area contributed by atoms with Gasteiger partial charge in [0.2, 0.25) is 11.8 Å². The van der Waals surface area contributed by atoms with E-state index < -0.39 is 29.7 Å². The number of hydrogen-bond donors (Lipinski definition) is 3. The molecule has 3 N–H and O–H groups in total. The molecule has 3 atom stereocenters. The molecular formula is C36H52FN7O4. The average molecular weight is 666 g/mol. The van der Waals surface area contributed by atoms with Crippen LogP contribution in [0.15, 0.2) is 30.5 Å². The van der Waals surface area contributed by atoms with Gasteiger partial charge in [-0.05, 0) is 76.3 Å². The molecule has 262 valence electrons. The highest BCUT2D eigenvalue weighted by molar-refractivity contribution is 6.00. The summed E-state index contributed by atoms with van der Waals surface area (Å²) in [5.74, 6) is -2.48. The number of piperazine rings is 1. The predicted octanol–water partition coefficient (Wildman–Crippen LogP) is 5.11. The number of nitrogens with zero attached hydrogens (tertiary/aromatic N) is 4. The third-order valence-corrected chi connectivity index (χ3v) is 10.2. The lowest BCUT2D eigenvalue weighted by molar-refractivity contribution is -0.135. The van der Waals surface area contributed by atoms with E-state index in [1.54, 1.807) is 34.8 Å². The van der Waals surface area contributed by atoms with Gasteiger partial charge in [0.1, 0.15) is 17.6 Å². The number of ketones is 1. The number of likely N-dealkylation sites (N-methyl/N-ethyl adjacent to an activating group) is 1. The number of aromatic nitrogens is 2. The van der Waals surface area contributed by atoms with Crippen molar-refractivity contribution in [1.29, 1.82) is 0 Å². The van der Waals surface area contributed by atoms with Gasteiger partial charge in [-0.25, -0.2) is 9.18 Å². The molecule has 1 saturated heterocycles. The Morgan fingerprint density at radius 3 is 2.25 bits per heavy atom. The molecule has 4 amide bonds. The first-order valence-electron chi connectivity index (χ1n) is 17.7. The highest BCUT2D eigenvalue weighted by Crippen LogP contribution is 2.34. The van der Waals surface area contributed by atoms with Crippen LogP contribution in [0, 0.1) is 17.7 Å². The molecule has 0 spiro atoms. The molecule has 5 rings (SSSR count). The van der Waals surface area contributed by atoms with Crippen molar-refractivity contribution in [2.24, 2.45) is 11.8 Å². The number of carbonyl (C=O) groups excluding carboxylic acids is 4. The third-order valence-electron chi connectivity index (χ3n) is 10.2. The summed E-state index contributed by atoms with van der Waals surface area (Å²) in [5, 5.41) is 12.9. The summed E-state index contributed by atoms with van der Waals surface area (Å²) >= 11 is 0. The summed E-state index contributed by atoms with van der Waals surface area (Å²) in [6, 6.07) is 5.05. The number of amides is 4. The summed E-state index contributed by atoms with van der Waals surface area (Å²) < 4.78 is 17.5. The van der Waals surface area contributed by atoms with Crippen molar-refractivity contribution in [2.45, 2.75) is 103 Å². The van der Waals surface area contributed by atoms with Crippen LogP contribution in [0.5, 0.6) is 0 Å². The first kappa shape index (κ1) is 35.5. The maximum absolute atomic E-state index is 15.8. The van der Waals surface area contributed by atoms with Gasteiger partial charge in [-0.15, -0.1) is 0 Å². The van der Waals surface area contributed by atoms with Crippen LogP contribution in [0.1, 0.15) is 107 Å². The number of halogens is 1. The van der Waals surface area contributed by atoms with Gasteiger partial charge in [-0.2, -0.15) is 5.10 Å². The second-order valence-electron chi connectivity index (χ2n) is 14.3. The Morgan fingerprint density at radius 2 is 1.62 bits per heavy atom. The first-order chi connectivity index (χ1) is 23.0. The largest absolute Gasteiger partial charge is 0.338 e. The standard InChI is InChI=1S/C36H52FN7O4/c1-23(2)44-31(15-16-38-44)32(45)22-28(25-9-7-5-6-8-10-25)34(46)40-30-14-11-26(21-29(30)37)24(3)33(41-36(48)39-27-12-13-27)35(47)43-19-17-42(4)18-20-43/h11,14-16,21,23-25,27-28,33H,5-10,12-13,17-20,22H2,1-4H3,(H,40,46)(H2,39,41,48)/t24-,28-,33+/m0/s1. The Morgan fingerprint density at radius 1 is 0.938 bits per heavy atom. The van der Waals surface area contributed by atoms with Gasteiger partial charge in [-0.3, -0.25) is 19.1 Å². The van der Waals surface area contributed by atoms with E-state index in [-0.39, 0.29) is 47.7 Å². The minimum Gasteiger partial charge on any atom is -0.338 e. The monoisotopic (exact) mass is 665 g/mol. The highest BCUT2D eigenvalue weighted by atomic mass is 19.1. The van der Waals surface area contributed by atoms with Gasteiger partial charge in [0.05, 0.1) is 5.69 Å². The van der Waals surface area contributed by atoms with Crippen LogP contribution in [0.3, 0.4) is 0 Å². The van der Waals surface area contributed by atoms with Crippen molar-refractivity contribution in [2.75, 3.05) is 38.5 Å². The van der Waals surface area contributed by atoms with Crippen LogP contribution < -0.4 is 16.0 Å². The van der Waals surface area contributed by atoms with E-state index >= 15 is 4.39 Å². The fourth-order valence-electron chi connectivity index (χ4n) is 6.99. The molecule has 2 saturated carbocycles. The molecule has 0 radical (unpaired) electrons. The molecule has 0 unspecified atom stereocenters. The number of rotatable bonds is 12. The molecule has 1 aromatic carbocycles. The average Bonchev–Trinajstić information content (AvgIpc) is 3.80. The van der Waals surface area contributed by atoms with E-state index in [1.807, 2.05) is 20.9 Å². The summed E-state index contributed by atoms with van der Waals surface area (Å²) in [6.07, 6.45) is 9.33. The molecule has 3 fully saturated rings. The highest BCUT2D eigenvalue weighted by Gasteiger charge is 2.36. The number of carbonyl (C=O) groups is 4. The molecule has 2 heterocycles. The number of nitrogens with one attached hydrogen (secondary N) is 3. The van der Waals surface area contributed by atoms with Crippen molar-refractivity contribution >= 4 is 29.3 Å². The van der Waals surface area contributed by atoms with Crippen LogP contribution in [0.25, 0.3) is 0 Å². The van der Waals surface area contributed by atoms with E-state index in [9.17, 15) is 19.2 Å². The molecule has 2 aromatic rings. The van der Waals surface area contributed by atoms with Gasteiger partial charge >= 0.3 is 6.03 Å². The van der Waals surface area contributed by atoms with Gasteiger partial charge in [0, 0.05) is 62.7 Å². The van der Waals surface area contributed by atoms with Gasteiger partial charge in [-0.1, -0.05) is 38.7 Å². The quantitative estimate of drug-likeness (QED) is 0.214. The molecule has 3 aliphatic rings. The van der Waals surface area contributed by atoms with Gasteiger partial charge in [0.15, 0.2) is 5.78 Å². The van der Waals surface area contributed by atoms with Gasteiger partial charge in [0.25, 0.3) is 0 Å². The third kappa shape index (κ3) is 9.00. The summed E-state index contributed by atoms with van der Waals surface area (Å²) in [7, 11) is 2.01. The Labute approximate surface area is 283 Å². The van der Waals surface area contributed by atoms with E-state index in [2.05, 4.69) is 25.9 Å². The van der Waals surface area contributed by atoms with Crippen LogP contribution in [0.4, 0.5) is 14.9 Å². The van der Waals surface area contributed by atoms with Crippen LogP contribution in [0.2, 0.25) is 0 Å². The molecule has 12 heteroatoms. The van der Waals surface area contributed by atoms with Crippen LogP contribution in [-0.2, 0) is 9.59 Å². The van der Waals surface area contributed by atoms with E-state index in [4.69, 9.17) is 0 Å². The van der Waals surface area contributed by atoms with Crippen molar-refractivity contribution in [3.63, 3.8) is 0 Å².